The van der Waals surface area contributed by atoms with Crippen LogP contribution in [-0.2, 0) is 30.4 Å². The zero-order chi connectivity index (χ0) is 23.9. The van der Waals surface area contributed by atoms with Gasteiger partial charge < -0.3 is 19.9 Å². The van der Waals surface area contributed by atoms with Crippen LogP contribution in [0.2, 0.25) is 0 Å². The Morgan fingerprint density at radius 2 is 1.52 bits per heavy atom. The molecule has 0 saturated carbocycles. The highest BCUT2D eigenvalue weighted by molar-refractivity contribution is 5.87. The standard InChI is InChI=1S/C23H36N2O6/c1-14(2)18(24)19(26)30-20(15(3)4)31-22(28)25(8)17-11-9-16(10-12-17)13-29-21(27)23(5,6)7/h9-12,14-15,18,20H,13,24H2,1-8H3/t18-,20?/m0/s1. The average Bonchev–Trinajstić information content (AvgIpc) is 2.69. The number of ether oxygens (including phenoxy) is 3. The lowest BCUT2D eigenvalue weighted by Crippen LogP contribution is -2.42. The molecule has 1 unspecified atom stereocenters. The average molecular weight is 437 g/mol. The molecule has 174 valence electrons. The predicted molar refractivity (Wildman–Crippen MR) is 118 cm³/mol. The molecule has 0 aliphatic rings. The Balaban J connectivity index is 2.74. The topological polar surface area (TPSA) is 108 Å². The normalized spacial score (nSPS) is 13.5. The molecule has 0 spiro atoms. The van der Waals surface area contributed by atoms with E-state index in [0.29, 0.717) is 5.69 Å². The first-order valence-corrected chi connectivity index (χ1v) is 10.4. The number of nitrogens with two attached hydrogens (primary N) is 1. The Labute approximate surface area is 185 Å². The summed E-state index contributed by atoms with van der Waals surface area (Å²) >= 11 is 0. The first kappa shape index (κ1) is 26.4. The van der Waals surface area contributed by atoms with Crippen molar-refractivity contribution in [2.75, 3.05) is 11.9 Å². The van der Waals surface area contributed by atoms with E-state index in [0.717, 1.165) is 5.56 Å². The summed E-state index contributed by atoms with van der Waals surface area (Å²) in [4.78, 5) is 37.9. The number of esters is 2. The molecular formula is C23H36N2O6. The van der Waals surface area contributed by atoms with Crippen molar-refractivity contribution in [1.82, 2.24) is 0 Å². The van der Waals surface area contributed by atoms with Crippen molar-refractivity contribution < 1.29 is 28.6 Å². The number of benzene rings is 1. The van der Waals surface area contributed by atoms with Crippen molar-refractivity contribution in [3.05, 3.63) is 29.8 Å². The van der Waals surface area contributed by atoms with Crippen molar-refractivity contribution >= 4 is 23.7 Å². The van der Waals surface area contributed by atoms with Gasteiger partial charge in [0.2, 0.25) is 0 Å². The fourth-order valence-electron chi connectivity index (χ4n) is 2.23. The van der Waals surface area contributed by atoms with Gasteiger partial charge in [-0.05, 0) is 44.4 Å². The number of carbonyl (C=O) groups is 3. The molecule has 0 saturated heterocycles. The van der Waals surface area contributed by atoms with Gasteiger partial charge in [0, 0.05) is 18.7 Å². The minimum Gasteiger partial charge on any atom is -0.460 e. The van der Waals surface area contributed by atoms with E-state index in [9.17, 15) is 14.4 Å². The molecule has 1 aromatic rings. The molecule has 1 rings (SSSR count). The van der Waals surface area contributed by atoms with Gasteiger partial charge in [0.25, 0.3) is 6.29 Å². The molecule has 0 heterocycles. The van der Waals surface area contributed by atoms with Crippen LogP contribution in [0, 0.1) is 17.3 Å². The van der Waals surface area contributed by atoms with Crippen LogP contribution < -0.4 is 10.6 Å². The van der Waals surface area contributed by atoms with E-state index in [-0.39, 0.29) is 24.4 Å². The van der Waals surface area contributed by atoms with Gasteiger partial charge in [-0.1, -0.05) is 39.8 Å². The van der Waals surface area contributed by atoms with Gasteiger partial charge in [-0.25, -0.2) is 4.79 Å². The van der Waals surface area contributed by atoms with E-state index >= 15 is 0 Å². The summed E-state index contributed by atoms with van der Waals surface area (Å²) < 4.78 is 16.0. The van der Waals surface area contributed by atoms with Crippen molar-refractivity contribution in [3.63, 3.8) is 0 Å². The molecule has 31 heavy (non-hydrogen) atoms. The Morgan fingerprint density at radius 1 is 0.968 bits per heavy atom. The highest BCUT2D eigenvalue weighted by Crippen LogP contribution is 2.20. The molecule has 0 aromatic heterocycles. The zero-order valence-corrected chi connectivity index (χ0v) is 19.8. The summed E-state index contributed by atoms with van der Waals surface area (Å²) in [6.07, 6.45) is -1.72. The van der Waals surface area contributed by atoms with Crippen LogP contribution in [0.4, 0.5) is 10.5 Å². The van der Waals surface area contributed by atoms with Gasteiger partial charge in [-0.15, -0.1) is 0 Å². The van der Waals surface area contributed by atoms with Gasteiger partial charge in [0.15, 0.2) is 0 Å². The SMILES string of the molecule is CC(C)C(OC(=O)[C@@H](N)C(C)C)OC(=O)N(C)c1ccc(COC(=O)C(C)(C)C)cc1. The lowest BCUT2D eigenvalue weighted by Gasteiger charge is -2.26. The third kappa shape index (κ3) is 8.20. The number of carbonyl (C=O) groups excluding carboxylic acids is 3. The number of rotatable bonds is 8. The van der Waals surface area contributed by atoms with Gasteiger partial charge in [0.05, 0.1) is 5.41 Å². The predicted octanol–water partition coefficient (Wildman–Crippen LogP) is 3.86. The largest absolute Gasteiger partial charge is 0.460 e. The summed E-state index contributed by atoms with van der Waals surface area (Å²) in [6.45, 7) is 12.7. The lowest BCUT2D eigenvalue weighted by atomic mass is 9.97. The van der Waals surface area contributed by atoms with Crippen LogP contribution in [0.5, 0.6) is 0 Å². The first-order valence-electron chi connectivity index (χ1n) is 10.4. The fraction of sp³-hybridized carbons (Fsp3) is 0.609. The number of hydrogen-bond acceptors (Lipinski definition) is 7. The molecule has 8 nitrogen and oxygen atoms in total. The maximum atomic E-state index is 12.6. The van der Waals surface area contributed by atoms with Crippen LogP contribution in [0.1, 0.15) is 54.0 Å². The number of hydrogen-bond donors (Lipinski definition) is 1. The summed E-state index contributed by atoms with van der Waals surface area (Å²) in [5.41, 5.74) is 6.61. The Kier molecular flexibility index (Phi) is 9.49. The van der Waals surface area contributed by atoms with Gasteiger partial charge in [0.1, 0.15) is 12.6 Å². The molecule has 0 radical (unpaired) electrons. The number of nitrogens with zero attached hydrogens (tertiary/aromatic N) is 1. The summed E-state index contributed by atoms with van der Waals surface area (Å²) in [5, 5.41) is 0. The molecule has 2 N–H and O–H groups in total. The second-order valence-corrected chi connectivity index (χ2v) is 9.25. The third-order valence-corrected chi connectivity index (χ3v) is 4.56. The van der Waals surface area contributed by atoms with Crippen LogP contribution in [0.3, 0.4) is 0 Å². The van der Waals surface area contributed by atoms with Crippen molar-refractivity contribution in [2.24, 2.45) is 23.0 Å². The van der Waals surface area contributed by atoms with Crippen molar-refractivity contribution in [1.29, 1.82) is 0 Å². The van der Waals surface area contributed by atoms with E-state index < -0.39 is 29.8 Å². The van der Waals surface area contributed by atoms with Crippen LogP contribution in [0.15, 0.2) is 24.3 Å². The number of anilines is 1. The second-order valence-electron chi connectivity index (χ2n) is 9.25. The molecule has 0 fully saturated rings. The molecule has 8 heteroatoms. The van der Waals surface area contributed by atoms with Crippen LogP contribution in [-0.4, -0.2) is 37.4 Å². The number of amides is 1. The minimum absolute atomic E-state index is 0.0973. The maximum Gasteiger partial charge on any atom is 0.417 e. The molecule has 0 bridgehead atoms. The summed E-state index contributed by atoms with van der Waals surface area (Å²) in [7, 11) is 1.55. The summed E-state index contributed by atoms with van der Waals surface area (Å²) in [6, 6.07) is 6.16. The molecule has 1 amide bonds. The van der Waals surface area contributed by atoms with Crippen LogP contribution >= 0.6 is 0 Å². The smallest absolute Gasteiger partial charge is 0.417 e. The highest BCUT2D eigenvalue weighted by Gasteiger charge is 2.28. The second kappa shape index (κ2) is 11.1. The lowest BCUT2D eigenvalue weighted by molar-refractivity contribution is -0.177. The zero-order valence-electron chi connectivity index (χ0n) is 19.8. The first-order chi connectivity index (χ1) is 14.2. The van der Waals surface area contributed by atoms with Gasteiger partial charge in [-0.3, -0.25) is 14.5 Å². The van der Waals surface area contributed by atoms with E-state index in [2.05, 4.69) is 0 Å². The van der Waals surface area contributed by atoms with E-state index in [1.54, 1.807) is 65.9 Å². The van der Waals surface area contributed by atoms with E-state index in [1.165, 1.54) is 4.90 Å². The Hall–Kier alpha value is -2.61. The quantitative estimate of drug-likeness (QED) is 0.487. The van der Waals surface area contributed by atoms with Crippen molar-refractivity contribution in [2.45, 2.75) is 67.4 Å². The molecule has 2 atom stereocenters. The van der Waals surface area contributed by atoms with Crippen molar-refractivity contribution in [3.8, 4) is 0 Å². The van der Waals surface area contributed by atoms with Gasteiger partial charge in [-0.2, -0.15) is 0 Å². The highest BCUT2D eigenvalue weighted by atomic mass is 16.7. The van der Waals surface area contributed by atoms with E-state index in [1.807, 2.05) is 13.8 Å². The minimum atomic E-state index is -1.05. The molecule has 1 aromatic carbocycles. The molecule has 0 aliphatic heterocycles. The Morgan fingerprint density at radius 3 is 1.97 bits per heavy atom. The maximum absolute atomic E-state index is 12.6. The summed E-state index contributed by atoms with van der Waals surface area (Å²) in [5.74, 6) is -1.25. The monoisotopic (exact) mass is 436 g/mol. The molecular weight excluding hydrogens is 400 g/mol. The third-order valence-electron chi connectivity index (χ3n) is 4.56. The van der Waals surface area contributed by atoms with E-state index in [4.69, 9.17) is 19.9 Å². The van der Waals surface area contributed by atoms with Crippen LogP contribution in [0.25, 0.3) is 0 Å². The van der Waals surface area contributed by atoms with Gasteiger partial charge >= 0.3 is 18.0 Å². The molecule has 0 aliphatic carbocycles. The fourth-order valence-corrected chi connectivity index (χ4v) is 2.23. The Bertz CT molecular complexity index is 752.